The zero-order valence-corrected chi connectivity index (χ0v) is 26.3. The third-order valence-electron chi connectivity index (χ3n) is 2.64. The van der Waals surface area contributed by atoms with Crippen LogP contribution in [0.3, 0.4) is 0 Å². The Balaban J connectivity index is 0. The Hall–Kier alpha value is -2.24. The molecule has 0 saturated heterocycles. The first-order valence-corrected chi connectivity index (χ1v) is 7.05. The second-order valence-electron chi connectivity index (χ2n) is 4.88. The van der Waals surface area contributed by atoms with Crippen LogP contribution in [0.2, 0.25) is 0 Å². The SMILES string of the molecule is O=C(O)C(F)(F)F.O=C([O-])C(F)(F)F.[Hg+].[Hg+].[O-]C1=C=C2OC3=C=C([O-])C=CC3=[N+]=C2C=C1. The summed E-state index contributed by atoms with van der Waals surface area (Å²) in [5.74, 6) is -5.85. The minimum absolute atomic E-state index is 0. The van der Waals surface area contributed by atoms with Crippen LogP contribution in [0.1, 0.15) is 0 Å². The van der Waals surface area contributed by atoms with Gasteiger partial charge in [0.25, 0.3) is 11.5 Å². The number of allylic oxidation sites excluding steroid dienone is 2. The van der Waals surface area contributed by atoms with Crippen molar-refractivity contribution in [1.29, 1.82) is 0 Å². The molecule has 2 aliphatic carbocycles. The average Bonchev–Trinajstić information content (AvgIpc) is 2.59. The molecule has 3 rings (SSSR count). The van der Waals surface area contributed by atoms with Crippen LogP contribution in [-0.4, -0.2) is 40.8 Å². The third kappa shape index (κ3) is 10.4. The number of rotatable bonds is 0. The summed E-state index contributed by atoms with van der Waals surface area (Å²) in [6.45, 7) is 0. The first-order valence-electron chi connectivity index (χ1n) is 7.05. The standard InChI is InChI=1S/C12H5NO3.2C2HF3O2.2Hg/c14-7-1-3-9-11(5-7)16-12-6-8(15)2-4-10(12)13-9;2*3-2(4,5)1(6)7;;/h1-4H,(H-,14,15);2*(H,6,7);;/q;;;2*+1/p-2. The molecule has 1 aliphatic heterocycles. The van der Waals surface area contributed by atoms with Gasteiger partial charge in [0.15, 0.2) is 0 Å². The summed E-state index contributed by atoms with van der Waals surface area (Å²) in [4.78, 5) is 17.7. The van der Waals surface area contributed by atoms with E-state index >= 15 is 0 Å². The van der Waals surface area contributed by atoms with Gasteiger partial charge in [-0.3, -0.25) is 0 Å². The second kappa shape index (κ2) is 12.7. The van der Waals surface area contributed by atoms with E-state index in [9.17, 15) is 36.6 Å². The molecule has 32 heavy (non-hydrogen) atoms. The quantitative estimate of drug-likeness (QED) is 0.135. The van der Waals surface area contributed by atoms with Crippen molar-refractivity contribution in [3.8, 4) is 0 Å². The largest absolute Gasteiger partial charge is 1.00 e. The summed E-state index contributed by atoms with van der Waals surface area (Å²) in [6, 6.07) is 0. The van der Waals surface area contributed by atoms with Crippen LogP contribution >= 0.6 is 0 Å². The topological polar surface area (TPSA) is 147 Å². The zero-order valence-electron chi connectivity index (χ0n) is 15.3. The summed E-state index contributed by atoms with van der Waals surface area (Å²) >= 11 is 0. The van der Waals surface area contributed by atoms with Crippen LogP contribution in [0.15, 0.2) is 58.8 Å². The monoisotopic (exact) mass is 841 g/mol. The molecule has 2 radical (unpaired) electrons. The molecule has 3 aliphatic rings. The minimum Gasteiger partial charge on any atom is -0.867 e. The number of alkyl halides is 6. The summed E-state index contributed by atoms with van der Waals surface area (Å²) in [5, 5.41) is 38.1. The number of carbonyl (C=O) groups excluding carboxylic acids is 1. The van der Waals surface area contributed by atoms with Gasteiger partial charge in [-0.15, -0.1) is 0 Å². The molecule has 16 heteroatoms. The van der Waals surface area contributed by atoms with Crippen molar-refractivity contribution < 1.29 is 116 Å². The smallest absolute Gasteiger partial charge is 0.867 e. The fraction of sp³-hybridized carbons (Fsp3) is 0.125. The Bertz CT molecular complexity index is 956. The molecule has 162 valence electrons. The number of hydrogen-bond donors (Lipinski definition) is 1. The third-order valence-corrected chi connectivity index (χ3v) is 2.64. The van der Waals surface area contributed by atoms with Crippen LogP contribution in [0.25, 0.3) is 0 Å². The molecule has 0 saturated carbocycles. The number of hydrogen-bond acceptors (Lipinski definition) is 6. The van der Waals surface area contributed by atoms with Gasteiger partial charge in [-0.1, -0.05) is 39.8 Å². The number of carbonyl (C=O) groups is 2. The Morgan fingerprint density at radius 3 is 1.41 bits per heavy atom. The fourth-order valence-corrected chi connectivity index (χ4v) is 1.46. The van der Waals surface area contributed by atoms with Crippen LogP contribution in [0.5, 0.6) is 0 Å². The van der Waals surface area contributed by atoms with E-state index in [1.807, 2.05) is 0 Å². The zero-order chi connectivity index (χ0) is 23.3. The molecule has 0 amide bonds. The molecule has 0 aromatic heterocycles. The van der Waals surface area contributed by atoms with Crippen molar-refractivity contribution in [3.63, 3.8) is 0 Å². The molecular formula is C16H5F6Hg2NO7. The molecule has 0 unspecified atom stereocenters. The van der Waals surface area contributed by atoms with Crippen LogP contribution in [-0.2, 0) is 69.7 Å². The maximum Gasteiger partial charge on any atom is 1.00 e. The van der Waals surface area contributed by atoms with Gasteiger partial charge in [0.05, 0.1) is 0 Å². The van der Waals surface area contributed by atoms with E-state index in [2.05, 4.69) is 16.1 Å². The molecule has 1 N–H and O–H groups in total. The van der Waals surface area contributed by atoms with E-state index in [0.717, 1.165) is 0 Å². The number of carboxylic acids is 2. The van der Waals surface area contributed by atoms with Crippen molar-refractivity contribution in [2.45, 2.75) is 12.4 Å². The fourth-order valence-electron chi connectivity index (χ4n) is 1.46. The number of nitrogens with zero attached hydrogens (tertiary/aromatic N) is 1. The van der Waals surface area contributed by atoms with Crippen LogP contribution < -0.4 is 20.0 Å². The molecule has 0 aromatic carbocycles. The molecule has 0 aromatic rings. The van der Waals surface area contributed by atoms with Crippen molar-refractivity contribution >= 4 is 23.4 Å². The van der Waals surface area contributed by atoms with Gasteiger partial charge in [-0.05, 0) is 0 Å². The minimum atomic E-state index is -5.19. The van der Waals surface area contributed by atoms with Gasteiger partial charge in [0.2, 0.25) is 0 Å². The van der Waals surface area contributed by atoms with E-state index in [1.165, 1.54) is 12.2 Å². The van der Waals surface area contributed by atoms with Gasteiger partial charge in [-0.2, -0.15) is 26.3 Å². The van der Waals surface area contributed by atoms with E-state index in [-0.39, 0.29) is 78.4 Å². The number of carboxylic acid groups (broad SMARTS) is 2. The molecular weight excluding hydrogens is 833 g/mol. The molecule has 0 bridgehead atoms. The maximum absolute atomic E-state index is 11.1. The second-order valence-corrected chi connectivity index (χ2v) is 4.88. The van der Waals surface area contributed by atoms with Crippen molar-refractivity contribution in [1.82, 2.24) is 4.67 Å². The average molecular weight is 838 g/mol. The van der Waals surface area contributed by atoms with E-state index in [4.69, 9.17) is 24.5 Å². The van der Waals surface area contributed by atoms with E-state index in [1.54, 1.807) is 12.2 Å². The van der Waals surface area contributed by atoms with Gasteiger partial charge < -0.3 is 30.0 Å². The van der Waals surface area contributed by atoms with Crippen molar-refractivity contribution in [2.24, 2.45) is 0 Å². The Kier molecular flexibility index (Phi) is 12.7. The first-order chi connectivity index (χ1) is 13.6. The van der Waals surface area contributed by atoms with Gasteiger partial charge in [-0.25, -0.2) is 4.79 Å². The number of ether oxygens (including phenoxy) is 1. The predicted molar refractivity (Wildman–Crippen MR) is 77.3 cm³/mol. The van der Waals surface area contributed by atoms with Crippen molar-refractivity contribution in [3.05, 3.63) is 58.8 Å². The molecule has 8 nitrogen and oxygen atoms in total. The van der Waals surface area contributed by atoms with Crippen LogP contribution in [0.4, 0.5) is 26.3 Å². The number of halogens is 6. The maximum atomic E-state index is 11.1. The number of fused-ring (bicyclic) bond motifs is 2. The predicted octanol–water partition coefficient (Wildman–Crippen LogP) is -1.51. The Labute approximate surface area is 214 Å². The van der Waals surface area contributed by atoms with E-state index < -0.39 is 24.3 Å². The number of aliphatic carboxylic acids is 2. The Morgan fingerprint density at radius 1 is 0.844 bits per heavy atom. The molecule has 1 heterocycles. The van der Waals surface area contributed by atoms with E-state index in [0.29, 0.717) is 11.4 Å². The normalized spacial score (nSPS) is 15.1. The van der Waals surface area contributed by atoms with Gasteiger partial charge >= 0.3 is 85.1 Å². The summed E-state index contributed by atoms with van der Waals surface area (Å²) in [6.07, 6.45) is -4.44. The molecule has 0 spiro atoms. The van der Waals surface area contributed by atoms with Gasteiger partial charge in [0, 0.05) is 12.2 Å². The summed E-state index contributed by atoms with van der Waals surface area (Å²) in [7, 11) is 0. The van der Waals surface area contributed by atoms with Crippen molar-refractivity contribution in [2.75, 3.05) is 0 Å². The Morgan fingerprint density at radius 2 is 1.16 bits per heavy atom. The molecule has 0 atom stereocenters. The summed E-state index contributed by atoms with van der Waals surface area (Å²) < 4.78 is 72.8. The summed E-state index contributed by atoms with van der Waals surface area (Å²) in [5.41, 5.74) is 6.04. The van der Waals surface area contributed by atoms with Gasteiger partial charge in [0.1, 0.15) is 5.97 Å². The molecule has 0 fully saturated rings. The van der Waals surface area contributed by atoms with Crippen LogP contribution in [0, 0.1) is 0 Å². The first kappa shape index (κ1) is 31.9.